The molecule has 1 N–H and O–H groups in total. The molecular formula is C33H65N2+. The number of nitrogens with zero attached hydrogens (tertiary/aromatic N) is 1. The lowest BCUT2D eigenvalue weighted by Gasteiger charge is -2.17. The van der Waals surface area contributed by atoms with Crippen LogP contribution in [0.5, 0.6) is 0 Å². The lowest BCUT2D eigenvalue weighted by molar-refractivity contribution is -0.727. The van der Waals surface area contributed by atoms with E-state index in [1.807, 2.05) is 0 Å². The van der Waals surface area contributed by atoms with Gasteiger partial charge in [0.05, 0.1) is 12.0 Å². The Labute approximate surface area is 221 Å². The molecule has 2 heteroatoms. The zero-order valence-corrected chi connectivity index (χ0v) is 24.7. The molecule has 0 fully saturated rings. The normalized spacial score (nSPS) is 13.4. The number of imidazole rings is 1. The summed E-state index contributed by atoms with van der Waals surface area (Å²) in [5, 5.41) is 0. The number of hydrogen-bond acceptors (Lipinski definition) is 0. The van der Waals surface area contributed by atoms with Gasteiger partial charge in [-0.05, 0) is 32.6 Å². The van der Waals surface area contributed by atoms with E-state index in [9.17, 15) is 0 Å². The van der Waals surface area contributed by atoms with Crippen LogP contribution < -0.4 is 4.57 Å². The number of H-pyrrole nitrogens is 1. The first-order valence-electron chi connectivity index (χ1n) is 16.3. The van der Waals surface area contributed by atoms with E-state index in [0.29, 0.717) is 12.0 Å². The molecule has 1 heterocycles. The van der Waals surface area contributed by atoms with Crippen molar-refractivity contribution in [3.63, 3.8) is 0 Å². The summed E-state index contributed by atoms with van der Waals surface area (Å²) in [6.07, 6.45) is 38.3. The third-order valence-electron chi connectivity index (χ3n) is 8.14. The Kier molecular flexibility index (Phi) is 21.7. The largest absolute Gasteiger partial charge is 0.257 e. The molecule has 0 aliphatic heterocycles. The Morgan fingerprint density at radius 1 is 0.543 bits per heavy atom. The third kappa shape index (κ3) is 16.6. The summed E-state index contributed by atoms with van der Waals surface area (Å²) >= 11 is 0. The van der Waals surface area contributed by atoms with E-state index < -0.39 is 0 Å². The number of unbranched alkanes of at least 4 members (excludes halogenated alkanes) is 18. The van der Waals surface area contributed by atoms with E-state index in [2.05, 4.69) is 49.6 Å². The molecule has 35 heavy (non-hydrogen) atoms. The molecular weight excluding hydrogens is 424 g/mol. The molecule has 0 aliphatic rings. The Balaban J connectivity index is 2.49. The van der Waals surface area contributed by atoms with Gasteiger partial charge in [-0.1, -0.05) is 149 Å². The van der Waals surface area contributed by atoms with Gasteiger partial charge in [-0.15, -0.1) is 0 Å². The minimum absolute atomic E-state index is 0.622. The second kappa shape index (κ2) is 23.6. The second-order valence-electron chi connectivity index (χ2n) is 11.5. The van der Waals surface area contributed by atoms with Crippen molar-refractivity contribution in [3.05, 3.63) is 18.2 Å². The maximum Gasteiger partial charge on any atom is 0.257 e. The van der Waals surface area contributed by atoms with Crippen LogP contribution in [0.25, 0.3) is 0 Å². The lowest BCUT2D eigenvalue weighted by atomic mass is 9.92. The van der Waals surface area contributed by atoms with Gasteiger partial charge in [0.15, 0.2) is 0 Å². The topological polar surface area (TPSA) is 19.7 Å². The van der Waals surface area contributed by atoms with Crippen molar-refractivity contribution >= 4 is 0 Å². The fourth-order valence-electron chi connectivity index (χ4n) is 5.72. The zero-order chi connectivity index (χ0) is 25.4. The molecule has 0 amide bonds. The molecule has 0 saturated carbocycles. The molecule has 0 bridgehead atoms. The van der Waals surface area contributed by atoms with Crippen LogP contribution in [0.4, 0.5) is 0 Å². The first-order valence-corrected chi connectivity index (χ1v) is 16.3. The van der Waals surface area contributed by atoms with Gasteiger partial charge in [-0.25, -0.2) is 9.55 Å². The van der Waals surface area contributed by atoms with Gasteiger partial charge >= 0.3 is 0 Å². The van der Waals surface area contributed by atoms with Crippen molar-refractivity contribution in [1.82, 2.24) is 4.98 Å². The number of aromatic nitrogens is 2. The van der Waals surface area contributed by atoms with Gasteiger partial charge in [0.1, 0.15) is 12.4 Å². The highest BCUT2D eigenvalue weighted by atomic mass is 15.1. The van der Waals surface area contributed by atoms with Gasteiger partial charge in [-0.3, -0.25) is 0 Å². The molecule has 0 aliphatic carbocycles. The van der Waals surface area contributed by atoms with Crippen LogP contribution in [0.1, 0.15) is 200 Å². The third-order valence-corrected chi connectivity index (χ3v) is 8.14. The number of nitrogens with one attached hydrogen (secondary N) is 1. The highest BCUT2D eigenvalue weighted by Crippen LogP contribution is 2.27. The maximum atomic E-state index is 3.71. The highest BCUT2D eigenvalue weighted by molar-refractivity contribution is 4.90. The predicted molar refractivity (Wildman–Crippen MR) is 156 cm³/mol. The molecule has 1 rings (SSSR count). The van der Waals surface area contributed by atoms with Crippen LogP contribution in [-0.4, -0.2) is 4.98 Å². The van der Waals surface area contributed by atoms with Crippen LogP contribution >= 0.6 is 0 Å². The van der Waals surface area contributed by atoms with E-state index in [1.54, 1.807) is 0 Å². The van der Waals surface area contributed by atoms with Gasteiger partial charge in [0.25, 0.3) is 5.82 Å². The fraction of sp³-hybridized carbons (Fsp3) is 0.909. The average Bonchev–Trinajstić information content (AvgIpc) is 3.36. The Bertz CT molecular complexity index is 549. The van der Waals surface area contributed by atoms with E-state index in [4.69, 9.17) is 0 Å². The molecule has 2 unspecified atom stereocenters. The Morgan fingerprint density at radius 3 is 1.37 bits per heavy atom. The summed E-state index contributed by atoms with van der Waals surface area (Å²) in [6, 6.07) is 0.622. The number of aromatic amines is 1. The van der Waals surface area contributed by atoms with Crippen molar-refractivity contribution in [2.75, 3.05) is 0 Å². The van der Waals surface area contributed by atoms with Crippen LogP contribution in [0.15, 0.2) is 12.4 Å². The SMILES string of the molecule is CCCCCCCCCCCC(CCCCCCCCCC)c1[nH]cc[n+]1C(C)CCCCCC. The fourth-order valence-corrected chi connectivity index (χ4v) is 5.72. The first-order chi connectivity index (χ1) is 17.2. The standard InChI is InChI=1S/C33H64N2/c1-5-8-11-14-16-18-20-22-25-28-32(27-24-21-19-17-15-12-9-6-2)33-34-29-30-35(33)31(4)26-23-13-10-7-3/h29-32H,5-28H2,1-4H3/p+1. The Morgan fingerprint density at radius 2 is 0.914 bits per heavy atom. The van der Waals surface area contributed by atoms with Crippen molar-refractivity contribution < 1.29 is 4.57 Å². The summed E-state index contributed by atoms with van der Waals surface area (Å²) in [4.78, 5) is 3.71. The van der Waals surface area contributed by atoms with Crippen LogP contribution in [0.2, 0.25) is 0 Å². The summed E-state index contributed by atoms with van der Waals surface area (Å²) < 4.78 is 2.61. The van der Waals surface area contributed by atoms with Gasteiger partial charge in [-0.2, -0.15) is 0 Å². The molecule has 0 aromatic carbocycles. The van der Waals surface area contributed by atoms with E-state index in [-0.39, 0.29) is 0 Å². The molecule has 2 nitrogen and oxygen atoms in total. The molecule has 0 spiro atoms. The van der Waals surface area contributed by atoms with Crippen molar-refractivity contribution in [2.24, 2.45) is 0 Å². The van der Waals surface area contributed by atoms with Crippen molar-refractivity contribution in [3.8, 4) is 0 Å². The van der Waals surface area contributed by atoms with Gasteiger partial charge in [0, 0.05) is 0 Å². The van der Waals surface area contributed by atoms with Crippen molar-refractivity contribution in [2.45, 2.75) is 194 Å². The summed E-state index contributed by atoms with van der Waals surface area (Å²) in [5.74, 6) is 2.24. The van der Waals surface area contributed by atoms with Gasteiger partial charge in [0.2, 0.25) is 0 Å². The van der Waals surface area contributed by atoms with Crippen LogP contribution in [0.3, 0.4) is 0 Å². The van der Waals surface area contributed by atoms with E-state index >= 15 is 0 Å². The zero-order valence-electron chi connectivity index (χ0n) is 24.7. The lowest BCUT2D eigenvalue weighted by Crippen LogP contribution is -2.41. The molecule has 0 saturated heterocycles. The maximum absolute atomic E-state index is 3.71. The van der Waals surface area contributed by atoms with Gasteiger partial charge < -0.3 is 0 Å². The molecule has 1 aromatic heterocycles. The van der Waals surface area contributed by atoms with Crippen LogP contribution in [-0.2, 0) is 0 Å². The van der Waals surface area contributed by atoms with Crippen molar-refractivity contribution in [1.29, 1.82) is 0 Å². The Hall–Kier alpha value is -0.790. The molecule has 206 valence electrons. The molecule has 1 aromatic rings. The molecule has 2 atom stereocenters. The summed E-state index contributed by atoms with van der Waals surface area (Å²) in [6.45, 7) is 9.37. The average molecular weight is 490 g/mol. The number of rotatable bonds is 26. The smallest absolute Gasteiger partial charge is 0.247 e. The predicted octanol–water partition coefficient (Wildman–Crippen LogP) is 11.4. The highest BCUT2D eigenvalue weighted by Gasteiger charge is 2.25. The first kappa shape index (κ1) is 32.2. The van der Waals surface area contributed by atoms with E-state index in [0.717, 1.165) is 0 Å². The number of hydrogen-bond donors (Lipinski definition) is 1. The quantitative estimate of drug-likeness (QED) is 0.0985. The second-order valence-corrected chi connectivity index (χ2v) is 11.5. The summed E-state index contributed by atoms with van der Waals surface area (Å²) in [5.41, 5.74) is 0. The monoisotopic (exact) mass is 490 g/mol. The van der Waals surface area contributed by atoms with E-state index in [1.165, 1.54) is 160 Å². The minimum Gasteiger partial charge on any atom is -0.247 e. The summed E-state index contributed by atoms with van der Waals surface area (Å²) in [7, 11) is 0. The molecule has 0 radical (unpaired) electrons. The minimum atomic E-state index is 0.622. The van der Waals surface area contributed by atoms with Crippen LogP contribution in [0, 0.1) is 0 Å².